The van der Waals surface area contributed by atoms with Crippen LogP contribution < -0.4 is 10.5 Å². The molecule has 1 aliphatic rings. The first kappa shape index (κ1) is 18.7. The zero-order valence-corrected chi connectivity index (χ0v) is 17.2. The molecule has 10 heteroatoms. The van der Waals surface area contributed by atoms with Crippen molar-refractivity contribution in [2.45, 2.75) is 26.5 Å². The van der Waals surface area contributed by atoms with E-state index in [4.69, 9.17) is 10.5 Å². The van der Waals surface area contributed by atoms with Gasteiger partial charge in [0.25, 0.3) is 5.88 Å². The van der Waals surface area contributed by atoms with Gasteiger partial charge in [0, 0.05) is 18.2 Å². The second-order valence-electron chi connectivity index (χ2n) is 7.48. The van der Waals surface area contributed by atoms with E-state index in [0.29, 0.717) is 29.2 Å². The number of aryl methyl sites for hydroxylation is 2. The van der Waals surface area contributed by atoms with Crippen molar-refractivity contribution < 1.29 is 4.74 Å². The number of rotatable bonds is 0. The Bertz CT molecular complexity index is 1360. The predicted molar refractivity (Wildman–Crippen MR) is 112 cm³/mol. The molecule has 0 saturated heterocycles. The van der Waals surface area contributed by atoms with Crippen LogP contribution >= 0.6 is 0 Å². The lowest BCUT2D eigenvalue weighted by molar-refractivity contribution is 0.219. The summed E-state index contributed by atoms with van der Waals surface area (Å²) in [6.07, 6.45) is 2.88. The molecule has 1 aliphatic heterocycles. The molecule has 4 heterocycles. The van der Waals surface area contributed by atoms with Crippen LogP contribution in [0.25, 0.3) is 22.5 Å². The molecular formula is C21H19N9O. The summed E-state index contributed by atoms with van der Waals surface area (Å²) in [5.74, 6) is 0.390. The van der Waals surface area contributed by atoms with Gasteiger partial charge in [-0.1, -0.05) is 29.0 Å². The number of fused-ring (bicyclic) bond motifs is 7. The monoisotopic (exact) mass is 413 g/mol. The molecule has 0 fully saturated rings. The summed E-state index contributed by atoms with van der Waals surface area (Å²) in [6, 6.07) is 8.33. The van der Waals surface area contributed by atoms with Crippen molar-refractivity contribution in [3.8, 4) is 34.5 Å². The van der Waals surface area contributed by atoms with Gasteiger partial charge in [-0.2, -0.15) is 10.4 Å². The summed E-state index contributed by atoms with van der Waals surface area (Å²) in [4.78, 5) is 8.86. The fourth-order valence-corrected chi connectivity index (χ4v) is 3.88. The highest BCUT2D eigenvalue weighted by Crippen LogP contribution is 2.35. The van der Waals surface area contributed by atoms with Crippen molar-refractivity contribution in [2.24, 2.45) is 7.05 Å². The van der Waals surface area contributed by atoms with Crippen LogP contribution in [0, 0.1) is 18.3 Å². The first-order chi connectivity index (χ1) is 15.0. The third-order valence-corrected chi connectivity index (χ3v) is 5.38. The third-order valence-electron chi connectivity index (χ3n) is 5.38. The Labute approximate surface area is 177 Å². The van der Waals surface area contributed by atoms with Crippen molar-refractivity contribution in [3.63, 3.8) is 0 Å². The summed E-state index contributed by atoms with van der Waals surface area (Å²) in [5, 5.41) is 22.7. The highest BCUT2D eigenvalue weighted by Gasteiger charge is 2.25. The summed E-state index contributed by atoms with van der Waals surface area (Å²) in [5.41, 5.74) is 11.9. The lowest BCUT2D eigenvalue weighted by atomic mass is 9.98. The van der Waals surface area contributed by atoms with E-state index in [2.05, 4.69) is 37.5 Å². The Balaban J connectivity index is 1.83. The number of hydrogen-bond acceptors (Lipinski definition) is 8. The average Bonchev–Trinajstić information content (AvgIpc) is 3.32. The molecule has 10 nitrogen and oxygen atoms in total. The number of nitrogens with two attached hydrogens (primary N) is 1. The van der Waals surface area contributed by atoms with Gasteiger partial charge >= 0.3 is 0 Å². The zero-order chi connectivity index (χ0) is 21.7. The van der Waals surface area contributed by atoms with Gasteiger partial charge < -0.3 is 10.5 Å². The maximum atomic E-state index is 9.74. The minimum Gasteiger partial charge on any atom is -0.467 e. The van der Waals surface area contributed by atoms with E-state index in [0.717, 1.165) is 22.4 Å². The van der Waals surface area contributed by atoms with Crippen molar-refractivity contribution in [3.05, 3.63) is 53.1 Å². The van der Waals surface area contributed by atoms with Gasteiger partial charge in [0.1, 0.15) is 17.9 Å². The zero-order valence-electron chi connectivity index (χ0n) is 17.2. The number of hydrogen-bond donors (Lipinski definition) is 1. The van der Waals surface area contributed by atoms with Crippen molar-refractivity contribution in [2.75, 3.05) is 5.73 Å². The molecule has 0 amide bonds. The Kier molecular flexibility index (Phi) is 4.18. The van der Waals surface area contributed by atoms with Crippen LogP contribution in [-0.4, -0.2) is 34.7 Å². The van der Waals surface area contributed by atoms with Gasteiger partial charge in [0.15, 0.2) is 5.82 Å². The standard InChI is InChI=1S/C21H19N9O/c1-11-4-5-13-14(6-11)12(2)31-21-20(23)24-8-15(26-21)19-16(27-29(3)17(19)7-22)10-30-18(13)9-25-28-30/h4-6,8-9,12H,10H2,1-3H3,(H2,23,24)/t12-/m1/s1. The Hall–Kier alpha value is -4.26. The fourth-order valence-electron chi connectivity index (χ4n) is 3.88. The molecule has 0 unspecified atom stereocenters. The summed E-state index contributed by atoms with van der Waals surface area (Å²) in [7, 11) is 1.72. The maximum Gasteiger partial charge on any atom is 0.258 e. The second-order valence-corrected chi connectivity index (χ2v) is 7.48. The molecule has 0 aliphatic carbocycles. The number of benzene rings is 1. The molecule has 4 aromatic rings. The topological polar surface area (TPSA) is 133 Å². The molecule has 1 aromatic carbocycles. The molecule has 0 radical (unpaired) electrons. The van der Waals surface area contributed by atoms with Crippen LogP contribution in [-0.2, 0) is 13.6 Å². The number of nitriles is 1. The van der Waals surface area contributed by atoms with Gasteiger partial charge in [0.2, 0.25) is 0 Å². The van der Waals surface area contributed by atoms with Crippen LogP contribution in [0.5, 0.6) is 5.88 Å². The number of ether oxygens (including phenoxy) is 1. The van der Waals surface area contributed by atoms with E-state index in [1.54, 1.807) is 17.9 Å². The highest BCUT2D eigenvalue weighted by molar-refractivity contribution is 5.70. The predicted octanol–water partition coefficient (Wildman–Crippen LogP) is 2.40. The molecule has 0 saturated carbocycles. The quantitative estimate of drug-likeness (QED) is 0.464. The molecule has 2 N–H and O–H groups in total. The van der Waals surface area contributed by atoms with Gasteiger partial charge in [-0.05, 0) is 13.8 Å². The Morgan fingerprint density at radius 1 is 1.29 bits per heavy atom. The van der Waals surface area contributed by atoms with Crippen LogP contribution in [0.3, 0.4) is 0 Å². The highest BCUT2D eigenvalue weighted by atomic mass is 16.5. The first-order valence-corrected chi connectivity index (χ1v) is 9.71. The number of anilines is 1. The van der Waals surface area contributed by atoms with Crippen LogP contribution in [0.4, 0.5) is 5.82 Å². The van der Waals surface area contributed by atoms with Crippen molar-refractivity contribution >= 4 is 5.82 Å². The Morgan fingerprint density at radius 2 is 2.13 bits per heavy atom. The maximum absolute atomic E-state index is 9.74. The van der Waals surface area contributed by atoms with Crippen LogP contribution in [0.1, 0.15) is 35.5 Å². The minimum atomic E-state index is -0.367. The SMILES string of the molecule is Cc1ccc2c(c1)[C@@H](C)Oc1nc(cnc1N)-c1c(nn(C)c1C#N)Cn1nncc1-2. The third kappa shape index (κ3) is 2.98. The number of nitrogen functional groups attached to an aromatic ring is 1. The van der Waals surface area contributed by atoms with E-state index in [-0.39, 0.29) is 17.8 Å². The summed E-state index contributed by atoms with van der Waals surface area (Å²) in [6.45, 7) is 4.27. The normalized spacial score (nSPS) is 14.8. The lowest BCUT2D eigenvalue weighted by Crippen LogP contribution is -2.13. The molecule has 5 rings (SSSR count). The fraction of sp³-hybridized carbons (Fsp3) is 0.238. The van der Waals surface area contributed by atoms with Gasteiger partial charge in [-0.3, -0.25) is 4.68 Å². The van der Waals surface area contributed by atoms with Gasteiger partial charge in [0.05, 0.1) is 41.6 Å². The molecule has 154 valence electrons. The van der Waals surface area contributed by atoms with E-state index < -0.39 is 0 Å². The molecule has 0 spiro atoms. The van der Waals surface area contributed by atoms with Gasteiger partial charge in [-0.15, -0.1) is 5.10 Å². The lowest BCUT2D eigenvalue weighted by Gasteiger charge is -2.20. The molecular weight excluding hydrogens is 394 g/mol. The minimum absolute atomic E-state index is 0.178. The van der Waals surface area contributed by atoms with Crippen LogP contribution in [0.2, 0.25) is 0 Å². The number of nitrogens with zero attached hydrogens (tertiary/aromatic N) is 8. The molecule has 2 bridgehead atoms. The van der Waals surface area contributed by atoms with Crippen LogP contribution in [0.15, 0.2) is 30.6 Å². The second kappa shape index (κ2) is 6.91. The van der Waals surface area contributed by atoms with E-state index in [9.17, 15) is 5.26 Å². The van der Waals surface area contributed by atoms with E-state index in [1.165, 1.54) is 10.9 Å². The summed E-state index contributed by atoms with van der Waals surface area (Å²) >= 11 is 0. The van der Waals surface area contributed by atoms with E-state index >= 15 is 0 Å². The van der Waals surface area contributed by atoms with Gasteiger partial charge in [-0.25, -0.2) is 14.6 Å². The Morgan fingerprint density at radius 3 is 2.94 bits per heavy atom. The van der Waals surface area contributed by atoms with Crippen molar-refractivity contribution in [1.29, 1.82) is 5.26 Å². The molecule has 3 aromatic heterocycles. The van der Waals surface area contributed by atoms with Crippen molar-refractivity contribution in [1.82, 2.24) is 34.7 Å². The smallest absolute Gasteiger partial charge is 0.258 e. The average molecular weight is 413 g/mol. The van der Waals surface area contributed by atoms with E-state index in [1.807, 2.05) is 26.0 Å². The number of aromatic nitrogens is 7. The molecule has 1 atom stereocenters. The summed E-state index contributed by atoms with van der Waals surface area (Å²) < 4.78 is 9.46. The molecule has 31 heavy (non-hydrogen) atoms. The first-order valence-electron chi connectivity index (χ1n) is 9.71. The largest absolute Gasteiger partial charge is 0.467 e.